The molecule has 0 heterocycles. The van der Waals surface area contributed by atoms with E-state index in [4.69, 9.17) is 10.5 Å². The fourth-order valence-corrected chi connectivity index (χ4v) is 1.91. The summed E-state index contributed by atoms with van der Waals surface area (Å²) >= 11 is 0. The van der Waals surface area contributed by atoms with E-state index in [1.807, 2.05) is 30.3 Å². The van der Waals surface area contributed by atoms with Crippen LogP contribution in [-0.2, 0) is 11.3 Å². The van der Waals surface area contributed by atoms with E-state index in [1.165, 1.54) is 0 Å². The first kappa shape index (κ1) is 14.6. The van der Waals surface area contributed by atoms with Crippen LogP contribution in [-0.4, -0.2) is 12.0 Å². The molecule has 0 radical (unpaired) electrons. The summed E-state index contributed by atoms with van der Waals surface area (Å²) in [5.41, 5.74) is 7.65. The summed E-state index contributed by atoms with van der Waals surface area (Å²) in [6.45, 7) is 1.90. The van der Waals surface area contributed by atoms with Crippen LogP contribution in [0.3, 0.4) is 0 Å². The van der Waals surface area contributed by atoms with Crippen molar-refractivity contribution in [3.05, 3.63) is 65.2 Å². The number of nitrogens with two attached hydrogens (primary N) is 1. The predicted octanol–water partition coefficient (Wildman–Crippen LogP) is 2.84. The Morgan fingerprint density at radius 1 is 1.10 bits per heavy atom. The molecule has 2 aromatic rings. The molecule has 0 saturated carbocycles. The van der Waals surface area contributed by atoms with E-state index in [-0.39, 0.29) is 6.61 Å². The van der Waals surface area contributed by atoms with Crippen molar-refractivity contribution in [1.82, 2.24) is 0 Å². The van der Waals surface area contributed by atoms with Crippen LogP contribution in [0.1, 0.15) is 21.5 Å². The summed E-state index contributed by atoms with van der Waals surface area (Å²) in [6.07, 6.45) is -0.580. The van der Waals surface area contributed by atoms with Crippen molar-refractivity contribution >= 4 is 17.7 Å². The van der Waals surface area contributed by atoms with Gasteiger partial charge in [0.05, 0.1) is 0 Å². The molecule has 0 saturated heterocycles. The maximum Gasteiger partial charge on any atom is 0.411 e. The molecule has 0 spiro atoms. The maximum absolute atomic E-state index is 11.8. The Balaban J connectivity index is 2.00. The van der Waals surface area contributed by atoms with Crippen LogP contribution < -0.4 is 11.1 Å². The topological polar surface area (TPSA) is 81.4 Å². The quantitative estimate of drug-likeness (QED) is 0.905. The van der Waals surface area contributed by atoms with Crippen LogP contribution in [0.5, 0.6) is 0 Å². The Morgan fingerprint density at radius 2 is 1.81 bits per heavy atom. The van der Waals surface area contributed by atoms with Crippen LogP contribution in [0.2, 0.25) is 0 Å². The van der Waals surface area contributed by atoms with E-state index < -0.39 is 12.0 Å². The Kier molecular flexibility index (Phi) is 4.56. The smallest absolute Gasteiger partial charge is 0.411 e. The average Bonchev–Trinajstić information content (AvgIpc) is 2.48. The summed E-state index contributed by atoms with van der Waals surface area (Å²) < 4.78 is 5.12. The first-order valence-corrected chi connectivity index (χ1v) is 6.45. The Bertz CT molecular complexity index is 654. The van der Waals surface area contributed by atoms with Gasteiger partial charge in [-0.15, -0.1) is 0 Å². The van der Waals surface area contributed by atoms with Gasteiger partial charge in [0.25, 0.3) is 0 Å². The summed E-state index contributed by atoms with van der Waals surface area (Å²) in [5, 5.41) is 2.61. The second kappa shape index (κ2) is 6.56. The zero-order valence-corrected chi connectivity index (χ0v) is 11.6. The standard InChI is InChI=1S/C16H16N2O3/c1-11-13(15(17)19)8-5-9-14(11)18-16(20)21-10-12-6-3-2-4-7-12/h2-9H,10H2,1H3,(H2,17,19)(H,18,20). The molecule has 108 valence electrons. The maximum atomic E-state index is 11.8. The molecule has 5 heteroatoms. The van der Waals surface area contributed by atoms with Crippen molar-refractivity contribution in [2.75, 3.05) is 5.32 Å². The Morgan fingerprint density at radius 3 is 2.48 bits per heavy atom. The van der Waals surface area contributed by atoms with Crippen LogP contribution in [0.15, 0.2) is 48.5 Å². The second-order valence-corrected chi connectivity index (χ2v) is 4.53. The second-order valence-electron chi connectivity index (χ2n) is 4.53. The van der Waals surface area contributed by atoms with Gasteiger partial charge in [-0.1, -0.05) is 36.4 Å². The van der Waals surface area contributed by atoms with Crippen molar-refractivity contribution in [2.24, 2.45) is 5.73 Å². The van der Waals surface area contributed by atoms with Crippen molar-refractivity contribution in [3.63, 3.8) is 0 Å². The summed E-state index contributed by atoms with van der Waals surface area (Å²) in [4.78, 5) is 23.0. The number of ether oxygens (including phenoxy) is 1. The highest BCUT2D eigenvalue weighted by molar-refractivity contribution is 5.97. The van der Waals surface area contributed by atoms with Crippen LogP contribution in [0.25, 0.3) is 0 Å². The fourth-order valence-electron chi connectivity index (χ4n) is 1.91. The Labute approximate surface area is 122 Å². The molecule has 0 aliphatic carbocycles. The van der Waals surface area contributed by atoms with Gasteiger partial charge >= 0.3 is 6.09 Å². The normalized spacial score (nSPS) is 9.95. The molecule has 21 heavy (non-hydrogen) atoms. The van der Waals surface area contributed by atoms with Gasteiger partial charge in [-0.25, -0.2) is 4.79 Å². The lowest BCUT2D eigenvalue weighted by molar-refractivity contribution is 0.0999. The number of carbonyl (C=O) groups is 2. The summed E-state index contributed by atoms with van der Waals surface area (Å²) in [7, 11) is 0. The minimum Gasteiger partial charge on any atom is -0.444 e. The highest BCUT2D eigenvalue weighted by Gasteiger charge is 2.11. The zero-order valence-electron chi connectivity index (χ0n) is 11.6. The molecule has 2 amide bonds. The van der Waals surface area contributed by atoms with Gasteiger partial charge in [-0.3, -0.25) is 10.1 Å². The number of rotatable bonds is 4. The van der Waals surface area contributed by atoms with Gasteiger partial charge in [0.2, 0.25) is 5.91 Å². The molecule has 0 atom stereocenters. The largest absolute Gasteiger partial charge is 0.444 e. The minimum absolute atomic E-state index is 0.182. The molecule has 0 aliphatic heterocycles. The predicted molar refractivity (Wildman–Crippen MR) is 79.9 cm³/mol. The van der Waals surface area contributed by atoms with Crippen molar-refractivity contribution in [2.45, 2.75) is 13.5 Å². The van der Waals surface area contributed by atoms with Crippen molar-refractivity contribution in [3.8, 4) is 0 Å². The first-order chi connectivity index (χ1) is 10.1. The summed E-state index contributed by atoms with van der Waals surface area (Å²) in [5.74, 6) is -0.534. The van der Waals surface area contributed by atoms with Crippen LogP contribution in [0, 0.1) is 6.92 Å². The van der Waals surface area contributed by atoms with E-state index in [9.17, 15) is 9.59 Å². The van der Waals surface area contributed by atoms with Gasteiger partial charge in [-0.2, -0.15) is 0 Å². The van der Waals surface area contributed by atoms with Gasteiger partial charge in [0.1, 0.15) is 6.61 Å². The molecular formula is C16H16N2O3. The van der Waals surface area contributed by atoms with E-state index >= 15 is 0 Å². The SMILES string of the molecule is Cc1c(NC(=O)OCc2ccccc2)cccc1C(N)=O. The number of nitrogens with one attached hydrogen (secondary N) is 1. The lowest BCUT2D eigenvalue weighted by Crippen LogP contribution is -2.17. The number of benzene rings is 2. The highest BCUT2D eigenvalue weighted by Crippen LogP contribution is 2.18. The zero-order chi connectivity index (χ0) is 15.2. The number of primary amides is 1. The lowest BCUT2D eigenvalue weighted by Gasteiger charge is -2.11. The molecule has 0 bridgehead atoms. The number of anilines is 1. The molecule has 0 unspecified atom stereocenters. The Hall–Kier alpha value is -2.82. The highest BCUT2D eigenvalue weighted by atomic mass is 16.5. The fraction of sp³-hybridized carbons (Fsp3) is 0.125. The molecule has 2 aromatic carbocycles. The third kappa shape index (κ3) is 3.82. The number of hydrogen-bond donors (Lipinski definition) is 2. The molecular weight excluding hydrogens is 268 g/mol. The van der Waals surface area contributed by atoms with Crippen molar-refractivity contribution < 1.29 is 14.3 Å². The number of carbonyl (C=O) groups excluding carboxylic acids is 2. The van der Waals surface area contributed by atoms with Crippen LogP contribution in [0.4, 0.5) is 10.5 Å². The lowest BCUT2D eigenvalue weighted by atomic mass is 10.1. The molecule has 0 aromatic heterocycles. The number of hydrogen-bond acceptors (Lipinski definition) is 3. The third-order valence-electron chi connectivity index (χ3n) is 3.05. The monoisotopic (exact) mass is 284 g/mol. The van der Waals surface area contributed by atoms with Crippen LogP contribution >= 0.6 is 0 Å². The van der Waals surface area contributed by atoms with E-state index in [2.05, 4.69) is 5.32 Å². The molecule has 3 N–H and O–H groups in total. The first-order valence-electron chi connectivity index (χ1n) is 6.45. The van der Waals surface area contributed by atoms with Crippen molar-refractivity contribution in [1.29, 1.82) is 0 Å². The third-order valence-corrected chi connectivity index (χ3v) is 3.05. The molecule has 0 fully saturated rings. The van der Waals surface area contributed by atoms with Gasteiger partial charge in [0.15, 0.2) is 0 Å². The van der Waals surface area contributed by atoms with Gasteiger partial charge < -0.3 is 10.5 Å². The molecule has 0 aliphatic rings. The molecule has 2 rings (SSSR count). The van der Waals surface area contributed by atoms with E-state index in [0.717, 1.165) is 5.56 Å². The van der Waals surface area contributed by atoms with Gasteiger partial charge in [-0.05, 0) is 30.2 Å². The molecule has 5 nitrogen and oxygen atoms in total. The van der Waals surface area contributed by atoms with E-state index in [1.54, 1.807) is 25.1 Å². The number of amides is 2. The van der Waals surface area contributed by atoms with E-state index in [0.29, 0.717) is 16.8 Å². The summed E-state index contributed by atoms with van der Waals surface area (Å²) in [6, 6.07) is 14.3. The minimum atomic E-state index is -0.580. The average molecular weight is 284 g/mol. The van der Waals surface area contributed by atoms with Gasteiger partial charge in [0, 0.05) is 11.3 Å².